The molecular weight excluding hydrogens is 259 g/mol. The van der Waals surface area contributed by atoms with Crippen LogP contribution in [0.3, 0.4) is 0 Å². The predicted octanol–water partition coefficient (Wildman–Crippen LogP) is 1.98. The van der Waals surface area contributed by atoms with Crippen molar-refractivity contribution in [3.63, 3.8) is 0 Å². The van der Waals surface area contributed by atoms with Crippen molar-refractivity contribution in [2.45, 2.75) is 20.1 Å². The van der Waals surface area contributed by atoms with E-state index in [1.807, 2.05) is 6.07 Å². The van der Waals surface area contributed by atoms with Gasteiger partial charge in [0.05, 0.1) is 6.61 Å². The number of halogens is 1. The number of esters is 1. The molecule has 1 saturated heterocycles. The number of alkyl halides is 1. The number of rotatable bonds is 4. The highest BCUT2D eigenvalue weighted by molar-refractivity contribution is 5.74. The van der Waals surface area contributed by atoms with Gasteiger partial charge in [-0.2, -0.15) is 0 Å². The van der Waals surface area contributed by atoms with Crippen LogP contribution >= 0.6 is 0 Å². The number of benzene rings is 1. The Labute approximate surface area is 119 Å². The highest BCUT2D eigenvalue weighted by Crippen LogP contribution is 2.19. The van der Waals surface area contributed by atoms with E-state index in [9.17, 15) is 9.18 Å². The standard InChI is InChI=1S/C15H21FN2O2/c1-3-20-15(19)14(16)18-9-7-17(8-10-18)13-6-4-5-12(2)11-13/h4-6,11,14H,3,7-10H2,1-2H3. The van der Waals surface area contributed by atoms with Crippen molar-refractivity contribution in [2.75, 3.05) is 37.7 Å². The van der Waals surface area contributed by atoms with Crippen molar-refractivity contribution in [1.29, 1.82) is 0 Å². The highest BCUT2D eigenvalue weighted by atomic mass is 19.1. The van der Waals surface area contributed by atoms with Crippen molar-refractivity contribution in [3.05, 3.63) is 29.8 Å². The van der Waals surface area contributed by atoms with Gasteiger partial charge in [0, 0.05) is 31.9 Å². The third kappa shape index (κ3) is 3.48. The highest BCUT2D eigenvalue weighted by Gasteiger charge is 2.29. The van der Waals surface area contributed by atoms with Gasteiger partial charge in [-0.25, -0.2) is 9.18 Å². The number of carbonyl (C=O) groups excluding carboxylic acids is 1. The summed E-state index contributed by atoms with van der Waals surface area (Å²) in [7, 11) is 0. The minimum absolute atomic E-state index is 0.211. The smallest absolute Gasteiger partial charge is 0.356 e. The topological polar surface area (TPSA) is 32.8 Å². The molecule has 0 amide bonds. The van der Waals surface area contributed by atoms with Gasteiger partial charge in [-0.1, -0.05) is 12.1 Å². The maximum Gasteiger partial charge on any atom is 0.356 e. The van der Waals surface area contributed by atoms with Crippen LogP contribution in [0.5, 0.6) is 0 Å². The fraction of sp³-hybridized carbons (Fsp3) is 0.533. The molecule has 1 aliphatic rings. The van der Waals surface area contributed by atoms with E-state index in [4.69, 9.17) is 4.74 Å². The Morgan fingerprint density at radius 1 is 1.35 bits per heavy atom. The SMILES string of the molecule is CCOC(=O)C(F)N1CCN(c2cccc(C)c2)CC1. The molecule has 0 radical (unpaired) electrons. The van der Waals surface area contributed by atoms with Gasteiger partial charge in [0.25, 0.3) is 6.30 Å². The number of anilines is 1. The molecule has 1 fully saturated rings. The normalized spacial score (nSPS) is 17.9. The number of piperazine rings is 1. The summed E-state index contributed by atoms with van der Waals surface area (Å²) in [6.07, 6.45) is -1.64. The molecule has 1 aromatic rings. The average molecular weight is 280 g/mol. The zero-order valence-corrected chi connectivity index (χ0v) is 12.0. The number of hydrogen-bond donors (Lipinski definition) is 0. The summed E-state index contributed by atoms with van der Waals surface area (Å²) in [5.41, 5.74) is 2.36. The van der Waals surface area contributed by atoms with E-state index in [2.05, 4.69) is 30.0 Å². The zero-order chi connectivity index (χ0) is 14.5. The molecule has 20 heavy (non-hydrogen) atoms. The maximum atomic E-state index is 13.9. The largest absolute Gasteiger partial charge is 0.463 e. The molecular formula is C15H21FN2O2. The van der Waals surface area contributed by atoms with E-state index >= 15 is 0 Å². The molecule has 1 heterocycles. The van der Waals surface area contributed by atoms with Gasteiger partial charge in [-0.05, 0) is 31.5 Å². The second kappa shape index (κ2) is 6.70. The average Bonchev–Trinajstić information content (AvgIpc) is 2.47. The van der Waals surface area contributed by atoms with E-state index in [-0.39, 0.29) is 6.61 Å². The lowest BCUT2D eigenvalue weighted by Crippen LogP contribution is -2.51. The van der Waals surface area contributed by atoms with Gasteiger partial charge in [0.1, 0.15) is 0 Å². The first-order valence-electron chi connectivity index (χ1n) is 6.98. The van der Waals surface area contributed by atoms with E-state index in [1.165, 1.54) is 10.5 Å². The molecule has 1 atom stereocenters. The summed E-state index contributed by atoms with van der Waals surface area (Å²) in [6.45, 7) is 6.41. The first-order chi connectivity index (χ1) is 9.61. The fourth-order valence-corrected chi connectivity index (χ4v) is 2.39. The summed E-state index contributed by atoms with van der Waals surface area (Å²) in [6, 6.07) is 8.25. The van der Waals surface area contributed by atoms with Crippen molar-refractivity contribution in [3.8, 4) is 0 Å². The lowest BCUT2D eigenvalue weighted by Gasteiger charge is -2.36. The predicted molar refractivity (Wildman–Crippen MR) is 76.5 cm³/mol. The minimum atomic E-state index is -1.64. The molecule has 1 unspecified atom stereocenters. The monoisotopic (exact) mass is 280 g/mol. The quantitative estimate of drug-likeness (QED) is 0.623. The molecule has 2 rings (SSSR count). The van der Waals surface area contributed by atoms with Gasteiger partial charge in [-0.3, -0.25) is 4.90 Å². The molecule has 1 aliphatic heterocycles. The van der Waals surface area contributed by atoms with Crippen molar-refractivity contribution in [2.24, 2.45) is 0 Å². The summed E-state index contributed by atoms with van der Waals surface area (Å²) in [5, 5.41) is 0. The number of carbonyl (C=O) groups is 1. The van der Waals surface area contributed by atoms with Gasteiger partial charge < -0.3 is 9.64 Å². The molecule has 1 aromatic carbocycles. The number of aryl methyl sites for hydroxylation is 1. The first-order valence-corrected chi connectivity index (χ1v) is 6.98. The Morgan fingerprint density at radius 3 is 2.65 bits per heavy atom. The van der Waals surface area contributed by atoms with Crippen LogP contribution in [0.25, 0.3) is 0 Å². The Kier molecular flexibility index (Phi) is 4.95. The lowest BCUT2D eigenvalue weighted by molar-refractivity contribution is -0.157. The van der Waals surface area contributed by atoms with Crippen LogP contribution in [0, 0.1) is 6.92 Å². The summed E-state index contributed by atoms with van der Waals surface area (Å²) < 4.78 is 18.6. The third-order valence-electron chi connectivity index (χ3n) is 3.48. The Balaban J connectivity index is 1.90. The molecule has 0 aromatic heterocycles. The summed E-state index contributed by atoms with van der Waals surface area (Å²) in [4.78, 5) is 15.1. The lowest BCUT2D eigenvalue weighted by atomic mass is 10.2. The van der Waals surface area contributed by atoms with Crippen LogP contribution in [0.1, 0.15) is 12.5 Å². The second-order valence-corrected chi connectivity index (χ2v) is 4.95. The molecule has 0 spiro atoms. The van der Waals surface area contributed by atoms with E-state index in [0.717, 1.165) is 5.69 Å². The molecule has 110 valence electrons. The minimum Gasteiger partial charge on any atom is -0.463 e. The third-order valence-corrected chi connectivity index (χ3v) is 3.48. The number of ether oxygens (including phenoxy) is 1. The molecule has 5 heteroatoms. The van der Waals surface area contributed by atoms with E-state index < -0.39 is 12.3 Å². The van der Waals surface area contributed by atoms with Crippen LogP contribution in [0.15, 0.2) is 24.3 Å². The zero-order valence-electron chi connectivity index (χ0n) is 12.0. The molecule has 0 N–H and O–H groups in total. The van der Waals surface area contributed by atoms with Gasteiger partial charge in [0.2, 0.25) is 0 Å². The van der Waals surface area contributed by atoms with Crippen LogP contribution in [-0.2, 0) is 9.53 Å². The number of nitrogens with zero attached hydrogens (tertiary/aromatic N) is 2. The van der Waals surface area contributed by atoms with Gasteiger partial charge >= 0.3 is 5.97 Å². The van der Waals surface area contributed by atoms with Crippen molar-refractivity contribution >= 4 is 11.7 Å². The Hall–Kier alpha value is -1.62. The van der Waals surface area contributed by atoms with Crippen LogP contribution in [0.4, 0.5) is 10.1 Å². The summed E-state index contributed by atoms with van der Waals surface area (Å²) >= 11 is 0. The summed E-state index contributed by atoms with van der Waals surface area (Å²) in [5.74, 6) is -0.781. The molecule has 0 bridgehead atoms. The Bertz CT molecular complexity index is 459. The Morgan fingerprint density at radius 2 is 2.05 bits per heavy atom. The maximum absolute atomic E-state index is 13.9. The van der Waals surface area contributed by atoms with Crippen molar-refractivity contribution < 1.29 is 13.9 Å². The van der Waals surface area contributed by atoms with E-state index in [0.29, 0.717) is 26.2 Å². The van der Waals surface area contributed by atoms with Crippen LogP contribution in [0.2, 0.25) is 0 Å². The fourth-order valence-electron chi connectivity index (χ4n) is 2.39. The molecule has 0 aliphatic carbocycles. The van der Waals surface area contributed by atoms with Crippen molar-refractivity contribution in [1.82, 2.24) is 4.90 Å². The molecule has 0 saturated carbocycles. The molecule has 4 nitrogen and oxygen atoms in total. The first kappa shape index (κ1) is 14.8. The van der Waals surface area contributed by atoms with Crippen LogP contribution in [-0.4, -0.2) is 50.0 Å². The van der Waals surface area contributed by atoms with Crippen LogP contribution < -0.4 is 4.90 Å². The van der Waals surface area contributed by atoms with Gasteiger partial charge in [0.15, 0.2) is 0 Å². The number of hydrogen-bond acceptors (Lipinski definition) is 4. The van der Waals surface area contributed by atoms with Gasteiger partial charge in [-0.15, -0.1) is 0 Å². The second-order valence-electron chi connectivity index (χ2n) is 4.95. The van der Waals surface area contributed by atoms with E-state index in [1.54, 1.807) is 6.92 Å².